The quantitative estimate of drug-likeness (QED) is 0.579. The lowest BCUT2D eigenvalue weighted by atomic mass is 9.76. The topological polar surface area (TPSA) is 57.2 Å². The van der Waals surface area contributed by atoms with Gasteiger partial charge in [-0.05, 0) is 57.1 Å². The smallest absolute Gasteiger partial charge is 0.248 e. The molecule has 2 heterocycles. The zero-order chi connectivity index (χ0) is 25.2. The minimum absolute atomic E-state index is 0.0778. The molecule has 0 spiro atoms. The molecular formula is C28H37FN4O2. The number of hydrogen-bond acceptors (Lipinski definition) is 5. The first-order valence-electron chi connectivity index (χ1n) is 12.5. The Hall–Kier alpha value is -2.77. The molecule has 1 saturated heterocycles. The third-order valence-corrected chi connectivity index (χ3v) is 7.50. The average Bonchev–Trinajstić information content (AvgIpc) is 3.13. The molecule has 0 aromatic heterocycles. The number of likely N-dealkylation sites (tertiary alicyclic amines) is 1. The van der Waals surface area contributed by atoms with Crippen molar-refractivity contribution in [1.82, 2.24) is 10.2 Å². The third-order valence-electron chi connectivity index (χ3n) is 7.50. The largest absolute Gasteiger partial charge is 0.374 e. The number of ether oxygens (including phenoxy) is 1. The van der Waals surface area contributed by atoms with Gasteiger partial charge in [0, 0.05) is 32.7 Å². The van der Waals surface area contributed by atoms with Crippen LogP contribution in [0.1, 0.15) is 44.2 Å². The number of hydrazone groups is 1. The Morgan fingerprint density at radius 2 is 1.83 bits per heavy atom. The van der Waals surface area contributed by atoms with Crippen LogP contribution in [0.5, 0.6) is 0 Å². The van der Waals surface area contributed by atoms with E-state index in [0.717, 1.165) is 54.9 Å². The van der Waals surface area contributed by atoms with E-state index in [1.54, 1.807) is 19.2 Å². The summed E-state index contributed by atoms with van der Waals surface area (Å²) in [6, 6.07) is 14.5. The Kier molecular flexibility index (Phi) is 7.29. The molecule has 2 atom stereocenters. The molecule has 0 saturated carbocycles. The number of nitrogens with one attached hydrogen (secondary N) is 1. The third kappa shape index (κ3) is 4.84. The fourth-order valence-electron chi connectivity index (χ4n) is 5.34. The van der Waals surface area contributed by atoms with Crippen LogP contribution >= 0.6 is 0 Å². The summed E-state index contributed by atoms with van der Waals surface area (Å²) in [6.07, 6.45) is 2.77. The molecule has 1 N–H and O–H groups in total. The van der Waals surface area contributed by atoms with Crippen LogP contribution in [-0.4, -0.2) is 61.5 Å². The summed E-state index contributed by atoms with van der Waals surface area (Å²) < 4.78 is 19.5. The number of methoxy groups -OCH3 is 1. The number of halogens is 1. The molecule has 2 aromatic rings. The summed E-state index contributed by atoms with van der Waals surface area (Å²) in [7, 11) is 3.74. The Labute approximate surface area is 208 Å². The second-order valence-electron chi connectivity index (χ2n) is 10.2. The van der Waals surface area contributed by atoms with Crippen LogP contribution in [-0.2, 0) is 9.53 Å². The van der Waals surface area contributed by atoms with Gasteiger partial charge in [-0.15, -0.1) is 0 Å². The molecule has 2 aromatic carbocycles. The highest BCUT2D eigenvalue weighted by molar-refractivity contribution is 6.10. The van der Waals surface area contributed by atoms with Gasteiger partial charge in [0.1, 0.15) is 17.0 Å². The first-order chi connectivity index (χ1) is 16.7. The van der Waals surface area contributed by atoms with Crippen molar-refractivity contribution in [2.75, 3.05) is 38.8 Å². The standard InChI is InChI=1S/C28H37FN4O2/c1-6-7-8-24-25(21-11-13-22(29)14-12-21)31-33(23-15-9-20(2)10-16-23)27(24,3)26(34)30-17-28(35-5)18-32(4)19-28/h9-16,24H,6-8,17-19H2,1-5H3,(H,30,34). The van der Waals surface area contributed by atoms with Gasteiger partial charge in [0.05, 0.1) is 11.4 Å². The van der Waals surface area contributed by atoms with Crippen molar-refractivity contribution < 1.29 is 13.9 Å². The van der Waals surface area contributed by atoms with Gasteiger partial charge < -0.3 is 15.0 Å². The molecular weight excluding hydrogens is 443 g/mol. The minimum atomic E-state index is -0.946. The minimum Gasteiger partial charge on any atom is -0.374 e. The fourth-order valence-corrected chi connectivity index (χ4v) is 5.34. The average molecular weight is 481 g/mol. The second kappa shape index (κ2) is 10.1. The molecule has 0 bridgehead atoms. The van der Waals surface area contributed by atoms with Gasteiger partial charge in [-0.3, -0.25) is 4.79 Å². The summed E-state index contributed by atoms with van der Waals surface area (Å²) >= 11 is 0. The van der Waals surface area contributed by atoms with Crippen molar-refractivity contribution >= 4 is 17.3 Å². The maximum absolute atomic E-state index is 14.1. The van der Waals surface area contributed by atoms with Crippen molar-refractivity contribution in [3.8, 4) is 0 Å². The summed E-state index contributed by atoms with van der Waals surface area (Å²) in [5.41, 5.74) is 2.35. The number of unbranched alkanes of at least 4 members (excludes halogenated alkanes) is 1. The zero-order valence-corrected chi connectivity index (χ0v) is 21.5. The predicted molar refractivity (Wildman–Crippen MR) is 138 cm³/mol. The number of carbonyl (C=O) groups excluding carboxylic acids is 1. The maximum atomic E-state index is 14.1. The van der Waals surface area contributed by atoms with Crippen LogP contribution < -0.4 is 10.3 Å². The first kappa shape index (κ1) is 25.3. The number of rotatable bonds is 9. The van der Waals surface area contributed by atoms with Gasteiger partial charge in [-0.25, -0.2) is 9.40 Å². The van der Waals surface area contributed by atoms with Crippen molar-refractivity contribution in [1.29, 1.82) is 0 Å². The molecule has 4 rings (SSSR count). The molecule has 6 nitrogen and oxygen atoms in total. The van der Waals surface area contributed by atoms with Crippen LogP contribution in [0.2, 0.25) is 0 Å². The number of anilines is 1. The molecule has 1 amide bonds. The van der Waals surface area contributed by atoms with Crippen LogP contribution in [0.4, 0.5) is 10.1 Å². The van der Waals surface area contributed by atoms with Crippen LogP contribution in [0.25, 0.3) is 0 Å². The number of nitrogens with zero attached hydrogens (tertiary/aromatic N) is 3. The lowest BCUT2D eigenvalue weighted by Crippen LogP contribution is -2.68. The predicted octanol–water partition coefficient (Wildman–Crippen LogP) is 4.37. The van der Waals surface area contributed by atoms with Crippen molar-refractivity contribution in [3.05, 3.63) is 65.5 Å². The molecule has 188 valence electrons. The molecule has 7 heteroatoms. The highest BCUT2D eigenvalue weighted by Gasteiger charge is 2.54. The van der Waals surface area contributed by atoms with E-state index in [-0.39, 0.29) is 23.2 Å². The first-order valence-corrected chi connectivity index (χ1v) is 12.5. The van der Waals surface area contributed by atoms with Gasteiger partial charge >= 0.3 is 0 Å². The molecule has 0 aliphatic carbocycles. The summed E-state index contributed by atoms with van der Waals surface area (Å²) in [5, 5.41) is 10.1. The van der Waals surface area contributed by atoms with Gasteiger partial charge in [0.15, 0.2) is 0 Å². The number of hydrogen-bond donors (Lipinski definition) is 1. The second-order valence-corrected chi connectivity index (χ2v) is 10.2. The van der Waals surface area contributed by atoms with Crippen molar-refractivity contribution in [2.24, 2.45) is 11.0 Å². The molecule has 2 aliphatic rings. The van der Waals surface area contributed by atoms with E-state index < -0.39 is 5.54 Å². The van der Waals surface area contributed by atoms with E-state index in [9.17, 15) is 9.18 Å². The SMILES string of the molecule is CCCCC1C(c2ccc(F)cc2)=NN(c2ccc(C)cc2)C1(C)C(=O)NCC1(OC)CN(C)C1. The molecule has 2 unspecified atom stereocenters. The number of likely N-dealkylation sites (N-methyl/N-ethyl adjacent to an activating group) is 1. The van der Waals surface area contributed by atoms with E-state index in [0.29, 0.717) is 6.54 Å². The van der Waals surface area contributed by atoms with Gasteiger partial charge in [-0.2, -0.15) is 5.10 Å². The van der Waals surface area contributed by atoms with Crippen LogP contribution in [0.15, 0.2) is 53.6 Å². The Balaban J connectivity index is 1.72. The molecule has 2 aliphatic heterocycles. The normalized spacial score (nSPS) is 23.7. The highest BCUT2D eigenvalue weighted by atomic mass is 19.1. The van der Waals surface area contributed by atoms with E-state index >= 15 is 0 Å². The summed E-state index contributed by atoms with van der Waals surface area (Å²) in [6.45, 7) is 8.16. The van der Waals surface area contributed by atoms with Gasteiger partial charge in [0.25, 0.3) is 0 Å². The van der Waals surface area contributed by atoms with Crippen molar-refractivity contribution in [2.45, 2.75) is 51.2 Å². The lowest BCUT2D eigenvalue weighted by Gasteiger charge is -2.48. The van der Waals surface area contributed by atoms with Crippen molar-refractivity contribution in [3.63, 3.8) is 0 Å². The zero-order valence-electron chi connectivity index (χ0n) is 21.5. The lowest BCUT2D eigenvalue weighted by molar-refractivity contribution is -0.135. The Bertz CT molecular complexity index is 1060. The van der Waals surface area contributed by atoms with E-state index in [2.05, 4.69) is 17.1 Å². The number of aryl methyl sites for hydroxylation is 1. The molecule has 35 heavy (non-hydrogen) atoms. The van der Waals surface area contributed by atoms with E-state index in [1.165, 1.54) is 12.1 Å². The maximum Gasteiger partial charge on any atom is 0.248 e. The monoisotopic (exact) mass is 480 g/mol. The number of amides is 1. The highest BCUT2D eigenvalue weighted by Crippen LogP contribution is 2.42. The number of benzene rings is 2. The van der Waals surface area contributed by atoms with Crippen LogP contribution in [0, 0.1) is 18.7 Å². The van der Waals surface area contributed by atoms with Gasteiger partial charge in [-0.1, -0.05) is 49.6 Å². The molecule has 0 radical (unpaired) electrons. The van der Waals surface area contributed by atoms with Gasteiger partial charge in [0.2, 0.25) is 5.91 Å². The van der Waals surface area contributed by atoms with E-state index in [4.69, 9.17) is 9.84 Å². The Morgan fingerprint density at radius 3 is 2.40 bits per heavy atom. The summed E-state index contributed by atoms with van der Waals surface area (Å²) in [4.78, 5) is 16.2. The van der Waals surface area contributed by atoms with Crippen LogP contribution in [0.3, 0.4) is 0 Å². The molecule has 1 fully saturated rings. The fraction of sp³-hybridized carbons (Fsp3) is 0.500. The Morgan fingerprint density at radius 1 is 1.17 bits per heavy atom. The summed E-state index contributed by atoms with van der Waals surface area (Å²) in [5.74, 6) is -0.522. The van der Waals surface area contributed by atoms with E-state index in [1.807, 2.05) is 50.2 Å². The number of carbonyl (C=O) groups is 1.